The smallest absolute Gasteiger partial charge is 0.238 e. The highest BCUT2D eigenvalue weighted by Gasteiger charge is 2.14. The van der Waals surface area contributed by atoms with E-state index < -0.39 is 0 Å². The van der Waals surface area contributed by atoms with E-state index in [0.29, 0.717) is 5.82 Å². The number of unbranched alkanes of at least 4 members (excludes halogenated alkanes) is 1. The molecular formula is C13H18N4OS. The second kappa shape index (κ2) is 6.56. The van der Waals surface area contributed by atoms with E-state index in [1.165, 1.54) is 0 Å². The average Bonchev–Trinajstić information content (AvgIpc) is 2.88. The molecular weight excluding hydrogens is 260 g/mol. The van der Waals surface area contributed by atoms with Crippen molar-refractivity contribution in [3.63, 3.8) is 0 Å². The van der Waals surface area contributed by atoms with Gasteiger partial charge >= 0.3 is 0 Å². The van der Waals surface area contributed by atoms with Crippen LogP contribution in [0.1, 0.15) is 26.7 Å². The quantitative estimate of drug-likeness (QED) is 0.825. The number of fused-ring (bicyclic) bond motifs is 1. The lowest BCUT2D eigenvalue weighted by Crippen LogP contribution is -2.24. The maximum Gasteiger partial charge on any atom is 0.238 e. The average molecular weight is 278 g/mol. The van der Waals surface area contributed by atoms with Crippen LogP contribution < -0.4 is 5.32 Å². The molecule has 0 bridgehead atoms. The van der Waals surface area contributed by atoms with Crippen LogP contribution in [0.5, 0.6) is 0 Å². The Balaban J connectivity index is 2.00. The van der Waals surface area contributed by atoms with Crippen LogP contribution in [0.4, 0.5) is 5.82 Å². The zero-order valence-electron chi connectivity index (χ0n) is 11.2. The highest BCUT2D eigenvalue weighted by molar-refractivity contribution is 8.00. The van der Waals surface area contributed by atoms with Crippen molar-refractivity contribution in [1.82, 2.24) is 14.6 Å². The number of carbonyl (C=O) groups excluding carboxylic acids is 1. The highest BCUT2D eigenvalue weighted by atomic mass is 32.2. The third-order valence-corrected chi connectivity index (χ3v) is 4.01. The number of thioether (sulfide) groups is 1. The first kappa shape index (κ1) is 13.9. The zero-order valence-corrected chi connectivity index (χ0v) is 12.0. The highest BCUT2D eigenvalue weighted by Crippen LogP contribution is 2.15. The maximum atomic E-state index is 12.1. The summed E-state index contributed by atoms with van der Waals surface area (Å²) in [7, 11) is 0. The number of rotatable bonds is 6. The topological polar surface area (TPSA) is 59.3 Å². The molecule has 6 heteroatoms. The van der Waals surface area contributed by atoms with Gasteiger partial charge in [-0.3, -0.25) is 4.79 Å². The van der Waals surface area contributed by atoms with Gasteiger partial charge in [0.25, 0.3) is 0 Å². The minimum atomic E-state index is -0.0645. The van der Waals surface area contributed by atoms with Crippen LogP contribution in [-0.2, 0) is 4.79 Å². The Kier molecular flexibility index (Phi) is 4.79. The predicted molar refractivity (Wildman–Crippen MR) is 78.4 cm³/mol. The normalized spacial score (nSPS) is 12.5. The molecule has 0 unspecified atom stereocenters. The van der Waals surface area contributed by atoms with E-state index in [-0.39, 0.29) is 11.2 Å². The molecule has 0 aliphatic carbocycles. The number of aromatic nitrogens is 3. The van der Waals surface area contributed by atoms with E-state index in [4.69, 9.17) is 0 Å². The third-order valence-electron chi connectivity index (χ3n) is 2.78. The first-order valence-electron chi connectivity index (χ1n) is 6.43. The summed E-state index contributed by atoms with van der Waals surface area (Å²) in [5.41, 5.74) is 0.726. The molecule has 1 amide bonds. The monoisotopic (exact) mass is 278 g/mol. The Hall–Kier alpha value is -1.56. The summed E-state index contributed by atoms with van der Waals surface area (Å²) in [5.74, 6) is 1.67. The molecule has 0 aromatic carbocycles. The fraction of sp³-hybridized carbons (Fsp3) is 0.462. The van der Waals surface area contributed by atoms with Crippen molar-refractivity contribution in [3.05, 3.63) is 24.5 Å². The van der Waals surface area contributed by atoms with Crippen LogP contribution in [0, 0.1) is 0 Å². The molecule has 2 heterocycles. The second-order valence-electron chi connectivity index (χ2n) is 4.29. The summed E-state index contributed by atoms with van der Waals surface area (Å²) in [6.45, 7) is 4.08. The number of nitrogens with zero attached hydrogens (tertiary/aromatic N) is 3. The molecule has 1 N–H and O–H groups in total. The Morgan fingerprint density at radius 2 is 2.32 bits per heavy atom. The van der Waals surface area contributed by atoms with E-state index in [2.05, 4.69) is 22.3 Å². The van der Waals surface area contributed by atoms with E-state index >= 15 is 0 Å². The molecule has 2 rings (SSSR count). The van der Waals surface area contributed by atoms with Crippen LogP contribution in [-0.4, -0.2) is 31.5 Å². The largest absolute Gasteiger partial charge is 0.310 e. The predicted octanol–water partition coefficient (Wildman–Crippen LogP) is 2.59. The number of nitrogens with one attached hydrogen (secondary N) is 1. The summed E-state index contributed by atoms with van der Waals surface area (Å²) >= 11 is 1.68. The van der Waals surface area contributed by atoms with E-state index in [0.717, 1.165) is 24.2 Å². The Bertz CT molecular complexity index is 554. The Labute approximate surface area is 116 Å². The van der Waals surface area contributed by atoms with Crippen molar-refractivity contribution >= 4 is 29.1 Å². The number of hydrogen-bond acceptors (Lipinski definition) is 4. The molecule has 0 spiro atoms. The molecule has 0 fully saturated rings. The number of amides is 1. The van der Waals surface area contributed by atoms with Crippen LogP contribution in [0.3, 0.4) is 0 Å². The maximum absolute atomic E-state index is 12.1. The Morgan fingerprint density at radius 1 is 1.47 bits per heavy atom. The molecule has 5 nitrogen and oxygen atoms in total. The van der Waals surface area contributed by atoms with Gasteiger partial charge in [-0.15, -0.1) is 11.8 Å². The van der Waals surface area contributed by atoms with Gasteiger partial charge < -0.3 is 5.32 Å². The molecule has 2 aromatic heterocycles. The minimum absolute atomic E-state index is 0.00380. The summed E-state index contributed by atoms with van der Waals surface area (Å²) in [4.78, 5) is 16.2. The van der Waals surface area contributed by atoms with E-state index in [1.54, 1.807) is 40.8 Å². The molecule has 0 radical (unpaired) electrons. The van der Waals surface area contributed by atoms with Gasteiger partial charge in [0.15, 0.2) is 5.65 Å². The van der Waals surface area contributed by atoms with Crippen molar-refractivity contribution in [2.45, 2.75) is 31.9 Å². The minimum Gasteiger partial charge on any atom is -0.310 e. The van der Waals surface area contributed by atoms with Crippen LogP contribution in [0.2, 0.25) is 0 Å². The fourth-order valence-electron chi connectivity index (χ4n) is 1.64. The van der Waals surface area contributed by atoms with Crippen molar-refractivity contribution < 1.29 is 4.79 Å². The summed E-state index contributed by atoms with van der Waals surface area (Å²) in [6.07, 6.45) is 5.62. The lowest BCUT2D eigenvalue weighted by Gasteiger charge is -2.12. The summed E-state index contributed by atoms with van der Waals surface area (Å²) in [6, 6.07) is 3.55. The Morgan fingerprint density at radius 3 is 3.11 bits per heavy atom. The van der Waals surface area contributed by atoms with Crippen molar-refractivity contribution in [1.29, 1.82) is 0 Å². The summed E-state index contributed by atoms with van der Waals surface area (Å²) < 4.78 is 1.63. The van der Waals surface area contributed by atoms with E-state index in [1.807, 2.05) is 6.92 Å². The first-order chi connectivity index (χ1) is 9.22. The van der Waals surface area contributed by atoms with Gasteiger partial charge in [0.1, 0.15) is 5.82 Å². The number of hydrogen-bond donors (Lipinski definition) is 1. The second-order valence-corrected chi connectivity index (χ2v) is 5.74. The molecule has 0 aliphatic rings. The lowest BCUT2D eigenvalue weighted by molar-refractivity contribution is -0.115. The van der Waals surface area contributed by atoms with Crippen LogP contribution in [0.25, 0.3) is 5.65 Å². The fourth-order valence-corrected chi connectivity index (χ4v) is 2.66. The number of carbonyl (C=O) groups is 1. The molecule has 0 saturated carbocycles. The SMILES string of the molecule is CCCCS[C@@H](C)C(=O)Nc1ccnc2ccnn12. The molecule has 2 aromatic rings. The molecule has 0 aliphatic heterocycles. The zero-order chi connectivity index (χ0) is 13.7. The van der Waals surface area contributed by atoms with Crippen LogP contribution in [0.15, 0.2) is 24.5 Å². The van der Waals surface area contributed by atoms with Crippen LogP contribution >= 0.6 is 11.8 Å². The molecule has 0 saturated heterocycles. The first-order valence-corrected chi connectivity index (χ1v) is 7.48. The van der Waals surface area contributed by atoms with Gasteiger partial charge in [-0.2, -0.15) is 9.61 Å². The van der Waals surface area contributed by atoms with Crippen molar-refractivity contribution in [3.8, 4) is 0 Å². The number of anilines is 1. The van der Waals surface area contributed by atoms with Gasteiger partial charge in [-0.05, 0) is 25.2 Å². The van der Waals surface area contributed by atoms with Gasteiger partial charge in [-0.25, -0.2) is 4.98 Å². The molecule has 102 valence electrons. The van der Waals surface area contributed by atoms with Gasteiger partial charge in [0.05, 0.1) is 11.4 Å². The summed E-state index contributed by atoms with van der Waals surface area (Å²) in [5, 5.41) is 6.97. The van der Waals surface area contributed by atoms with Gasteiger partial charge in [0, 0.05) is 12.3 Å². The molecule has 19 heavy (non-hydrogen) atoms. The standard InChI is InChI=1S/C13H18N4OS/c1-3-4-9-19-10(2)13(18)16-12-5-7-14-11-6-8-15-17(11)12/h5-8,10H,3-4,9H2,1-2H3,(H,16,18)/t10-/m0/s1. The molecule has 1 atom stereocenters. The lowest BCUT2D eigenvalue weighted by atomic mass is 10.4. The third kappa shape index (κ3) is 3.47. The van der Waals surface area contributed by atoms with Crippen molar-refractivity contribution in [2.75, 3.05) is 11.1 Å². The van der Waals surface area contributed by atoms with Crippen molar-refractivity contribution in [2.24, 2.45) is 0 Å². The van der Waals surface area contributed by atoms with E-state index in [9.17, 15) is 4.79 Å². The van der Waals surface area contributed by atoms with Gasteiger partial charge in [-0.1, -0.05) is 13.3 Å². The van der Waals surface area contributed by atoms with Gasteiger partial charge in [0.2, 0.25) is 5.91 Å².